The second-order valence-corrected chi connectivity index (χ2v) is 8.18. The SMILES string of the molecule is C1CCCC(N2CCNNCCN2C2CCCCCCC2)CCC1. The predicted octanol–water partition coefficient (Wildman–Crippen LogP) is 3.84. The molecule has 1 saturated heterocycles. The summed E-state index contributed by atoms with van der Waals surface area (Å²) in [6, 6.07) is 1.58. The van der Waals surface area contributed by atoms with Crippen LogP contribution in [0.25, 0.3) is 0 Å². The van der Waals surface area contributed by atoms with Gasteiger partial charge in [-0.3, -0.25) is 10.9 Å². The van der Waals surface area contributed by atoms with E-state index in [9.17, 15) is 0 Å². The van der Waals surface area contributed by atoms with Crippen LogP contribution in [-0.4, -0.2) is 48.3 Å². The zero-order chi connectivity index (χ0) is 16.5. The number of hydrazine groups is 2. The number of hydrogen-bond donors (Lipinski definition) is 2. The smallest absolute Gasteiger partial charge is 0.0275 e. The van der Waals surface area contributed by atoms with Crippen molar-refractivity contribution in [1.29, 1.82) is 0 Å². The molecule has 0 radical (unpaired) electrons. The standard InChI is InChI=1S/C20H40N4/c1-3-7-11-19(12-8-4-1)23-17-15-21-22-16-18-24(23)20-13-9-5-2-6-10-14-20/h19-22H,1-18H2. The Hall–Kier alpha value is -0.160. The van der Waals surface area contributed by atoms with E-state index in [1.54, 1.807) is 0 Å². The highest BCUT2D eigenvalue weighted by atomic mass is 15.7. The summed E-state index contributed by atoms with van der Waals surface area (Å²) in [7, 11) is 0. The monoisotopic (exact) mass is 336 g/mol. The third-order valence-corrected chi connectivity index (χ3v) is 6.38. The molecule has 0 aromatic rings. The van der Waals surface area contributed by atoms with Crippen LogP contribution in [0.1, 0.15) is 89.9 Å². The molecule has 3 fully saturated rings. The van der Waals surface area contributed by atoms with Gasteiger partial charge in [-0.05, 0) is 25.7 Å². The Morgan fingerprint density at radius 3 is 1.17 bits per heavy atom. The first kappa shape index (κ1) is 18.6. The lowest BCUT2D eigenvalue weighted by molar-refractivity contribution is -0.107. The molecular formula is C20H40N4. The predicted molar refractivity (Wildman–Crippen MR) is 102 cm³/mol. The Bertz CT molecular complexity index is 288. The lowest BCUT2D eigenvalue weighted by atomic mass is 9.94. The third kappa shape index (κ3) is 5.69. The first-order valence-electron chi connectivity index (χ1n) is 10.9. The van der Waals surface area contributed by atoms with Gasteiger partial charge in [-0.15, -0.1) is 0 Å². The van der Waals surface area contributed by atoms with Gasteiger partial charge >= 0.3 is 0 Å². The van der Waals surface area contributed by atoms with Crippen LogP contribution in [0, 0.1) is 0 Å². The van der Waals surface area contributed by atoms with Crippen LogP contribution in [0.15, 0.2) is 0 Å². The molecule has 1 aliphatic heterocycles. The molecule has 0 bridgehead atoms. The Balaban J connectivity index is 1.69. The Kier molecular flexibility index (Phi) is 8.34. The molecule has 2 saturated carbocycles. The van der Waals surface area contributed by atoms with Gasteiger partial charge in [0.05, 0.1) is 0 Å². The molecule has 0 amide bonds. The molecule has 0 spiro atoms. The summed E-state index contributed by atoms with van der Waals surface area (Å²) < 4.78 is 0. The maximum atomic E-state index is 3.41. The van der Waals surface area contributed by atoms with Crippen molar-refractivity contribution in [2.45, 2.75) is 102 Å². The Labute approximate surface area is 149 Å². The molecule has 2 aliphatic carbocycles. The van der Waals surface area contributed by atoms with E-state index >= 15 is 0 Å². The normalized spacial score (nSPS) is 29.0. The molecule has 24 heavy (non-hydrogen) atoms. The van der Waals surface area contributed by atoms with Crippen LogP contribution in [0.4, 0.5) is 0 Å². The molecule has 4 heteroatoms. The molecule has 3 rings (SSSR count). The van der Waals surface area contributed by atoms with Gasteiger partial charge in [-0.2, -0.15) is 0 Å². The topological polar surface area (TPSA) is 30.5 Å². The fraction of sp³-hybridized carbons (Fsp3) is 1.00. The first-order chi connectivity index (χ1) is 11.9. The maximum Gasteiger partial charge on any atom is 0.0275 e. The highest BCUT2D eigenvalue weighted by molar-refractivity contribution is 4.80. The summed E-state index contributed by atoms with van der Waals surface area (Å²) in [5.74, 6) is 0. The zero-order valence-corrected chi connectivity index (χ0v) is 15.8. The van der Waals surface area contributed by atoms with Crippen molar-refractivity contribution >= 4 is 0 Å². The fourth-order valence-electron chi connectivity index (χ4n) is 5.02. The summed E-state index contributed by atoms with van der Waals surface area (Å²) in [5.41, 5.74) is 6.82. The van der Waals surface area contributed by atoms with Gasteiger partial charge < -0.3 is 0 Å². The van der Waals surface area contributed by atoms with Crippen LogP contribution in [0.3, 0.4) is 0 Å². The molecule has 0 aromatic carbocycles. The largest absolute Gasteiger partial charge is 0.256 e. The number of nitrogens with zero attached hydrogens (tertiary/aromatic N) is 2. The van der Waals surface area contributed by atoms with Gasteiger partial charge in [-0.25, -0.2) is 10.0 Å². The van der Waals surface area contributed by atoms with Gasteiger partial charge in [0.1, 0.15) is 0 Å². The zero-order valence-electron chi connectivity index (χ0n) is 15.8. The van der Waals surface area contributed by atoms with Gasteiger partial charge in [0.15, 0.2) is 0 Å². The molecule has 2 N–H and O–H groups in total. The number of rotatable bonds is 2. The number of hydrogen-bond acceptors (Lipinski definition) is 4. The molecule has 0 unspecified atom stereocenters. The van der Waals surface area contributed by atoms with Crippen molar-refractivity contribution in [3.63, 3.8) is 0 Å². The van der Waals surface area contributed by atoms with E-state index in [0.717, 1.165) is 25.2 Å². The molecular weight excluding hydrogens is 296 g/mol. The van der Waals surface area contributed by atoms with Crippen molar-refractivity contribution in [3.05, 3.63) is 0 Å². The van der Waals surface area contributed by atoms with E-state index in [2.05, 4.69) is 20.9 Å². The average molecular weight is 337 g/mol. The van der Waals surface area contributed by atoms with Crippen LogP contribution < -0.4 is 10.9 Å². The second kappa shape index (κ2) is 10.7. The van der Waals surface area contributed by atoms with Gasteiger partial charge in [0.25, 0.3) is 0 Å². The fourth-order valence-corrected chi connectivity index (χ4v) is 5.02. The van der Waals surface area contributed by atoms with Crippen molar-refractivity contribution in [2.24, 2.45) is 0 Å². The number of nitrogens with one attached hydrogen (secondary N) is 2. The van der Waals surface area contributed by atoms with Crippen LogP contribution in [0.2, 0.25) is 0 Å². The van der Waals surface area contributed by atoms with Crippen LogP contribution in [-0.2, 0) is 0 Å². The lowest BCUT2D eigenvalue weighted by Crippen LogP contribution is -2.60. The van der Waals surface area contributed by atoms with E-state index < -0.39 is 0 Å². The van der Waals surface area contributed by atoms with E-state index in [-0.39, 0.29) is 0 Å². The van der Waals surface area contributed by atoms with Crippen molar-refractivity contribution < 1.29 is 0 Å². The van der Waals surface area contributed by atoms with Gasteiger partial charge in [0.2, 0.25) is 0 Å². The van der Waals surface area contributed by atoms with Crippen LogP contribution >= 0.6 is 0 Å². The van der Waals surface area contributed by atoms with Crippen molar-refractivity contribution in [3.8, 4) is 0 Å². The minimum absolute atomic E-state index is 0.788. The van der Waals surface area contributed by atoms with E-state index in [0.29, 0.717) is 0 Å². The maximum absolute atomic E-state index is 3.41. The average Bonchev–Trinajstić information content (AvgIpc) is 2.49. The van der Waals surface area contributed by atoms with Gasteiger partial charge in [-0.1, -0.05) is 64.2 Å². The van der Waals surface area contributed by atoms with Gasteiger partial charge in [0, 0.05) is 38.3 Å². The van der Waals surface area contributed by atoms with E-state index in [4.69, 9.17) is 0 Å². The molecule has 0 atom stereocenters. The molecule has 140 valence electrons. The highest BCUT2D eigenvalue weighted by Crippen LogP contribution is 2.27. The lowest BCUT2D eigenvalue weighted by Gasteiger charge is -2.47. The Morgan fingerprint density at radius 2 is 0.792 bits per heavy atom. The second-order valence-electron chi connectivity index (χ2n) is 8.18. The molecule has 0 aromatic heterocycles. The summed E-state index contributed by atoms with van der Waals surface area (Å²) >= 11 is 0. The first-order valence-corrected chi connectivity index (χ1v) is 10.9. The summed E-state index contributed by atoms with van der Waals surface area (Å²) in [6.07, 6.45) is 20.1. The van der Waals surface area contributed by atoms with Crippen molar-refractivity contribution in [1.82, 2.24) is 20.9 Å². The molecule has 4 nitrogen and oxygen atoms in total. The van der Waals surface area contributed by atoms with Crippen molar-refractivity contribution in [2.75, 3.05) is 26.2 Å². The Morgan fingerprint density at radius 1 is 0.458 bits per heavy atom. The van der Waals surface area contributed by atoms with E-state index in [1.807, 2.05) is 0 Å². The van der Waals surface area contributed by atoms with Crippen LogP contribution in [0.5, 0.6) is 0 Å². The van der Waals surface area contributed by atoms with E-state index in [1.165, 1.54) is 103 Å². The minimum atomic E-state index is 0.788. The molecule has 1 heterocycles. The summed E-state index contributed by atoms with van der Waals surface area (Å²) in [4.78, 5) is 0. The third-order valence-electron chi connectivity index (χ3n) is 6.38. The summed E-state index contributed by atoms with van der Waals surface area (Å²) in [6.45, 7) is 4.49. The quantitative estimate of drug-likeness (QED) is 0.802. The summed E-state index contributed by atoms with van der Waals surface area (Å²) in [5, 5.41) is 5.65. The highest BCUT2D eigenvalue weighted by Gasteiger charge is 2.30. The minimum Gasteiger partial charge on any atom is -0.256 e. The molecule has 3 aliphatic rings.